The van der Waals surface area contributed by atoms with Crippen molar-refractivity contribution in [2.45, 2.75) is 32.9 Å². The van der Waals surface area contributed by atoms with Gasteiger partial charge < -0.3 is 5.32 Å². The van der Waals surface area contributed by atoms with E-state index in [1.165, 1.54) is 6.92 Å². The summed E-state index contributed by atoms with van der Waals surface area (Å²) in [5.74, 6) is -0.453. The monoisotopic (exact) mass is 228 g/mol. The lowest BCUT2D eigenvalue weighted by Gasteiger charge is -2.36. The molecular formula is C10H20N4O2. The molecule has 6 heteroatoms. The van der Waals surface area contributed by atoms with Gasteiger partial charge in [-0.25, -0.2) is 0 Å². The predicted octanol–water partition coefficient (Wildman–Crippen LogP) is -1.16. The smallest absolute Gasteiger partial charge is 0.252 e. The first kappa shape index (κ1) is 12.9. The summed E-state index contributed by atoms with van der Waals surface area (Å²) in [4.78, 5) is 24.2. The number of piperazine rings is 1. The molecule has 1 aliphatic rings. The highest BCUT2D eigenvalue weighted by atomic mass is 16.2. The van der Waals surface area contributed by atoms with Crippen LogP contribution in [-0.4, -0.2) is 48.4 Å². The van der Waals surface area contributed by atoms with Crippen LogP contribution in [0.4, 0.5) is 0 Å². The molecule has 2 unspecified atom stereocenters. The topological polar surface area (TPSA) is 73.5 Å². The summed E-state index contributed by atoms with van der Waals surface area (Å²) in [7, 11) is 0. The molecule has 0 spiro atoms. The minimum Gasteiger partial charge on any atom is -0.311 e. The van der Waals surface area contributed by atoms with Crippen molar-refractivity contribution in [2.75, 3.05) is 19.6 Å². The van der Waals surface area contributed by atoms with Gasteiger partial charge in [0.25, 0.3) is 5.91 Å². The quantitative estimate of drug-likeness (QED) is 0.521. The molecule has 0 aliphatic carbocycles. The van der Waals surface area contributed by atoms with Gasteiger partial charge in [-0.05, 0) is 13.8 Å². The molecule has 92 valence electrons. The standard InChI is InChI=1S/C10H20N4O2/c1-7-5-14(8(2)4-11-7)6-10(16)13-12-9(3)15/h7-8,11H,4-6H2,1-3H3,(H,12,15)(H,13,16). The molecule has 1 heterocycles. The average Bonchev–Trinajstić information content (AvgIpc) is 2.20. The maximum absolute atomic E-state index is 11.5. The molecule has 1 saturated heterocycles. The summed E-state index contributed by atoms with van der Waals surface area (Å²) in [6.07, 6.45) is 0. The molecule has 1 rings (SSSR count). The molecule has 16 heavy (non-hydrogen) atoms. The first-order valence-electron chi connectivity index (χ1n) is 5.52. The third-order valence-electron chi connectivity index (χ3n) is 2.62. The van der Waals surface area contributed by atoms with E-state index < -0.39 is 0 Å². The maximum atomic E-state index is 11.5. The van der Waals surface area contributed by atoms with Crippen LogP contribution in [0, 0.1) is 0 Å². The van der Waals surface area contributed by atoms with E-state index in [1.54, 1.807) is 0 Å². The van der Waals surface area contributed by atoms with Crippen molar-refractivity contribution in [3.05, 3.63) is 0 Å². The van der Waals surface area contributed by atoms with Crippen molar-refractivity contribution in [1.82, 2.24) is 21.1 Å². The Hall–Kier alpha value is -1.14. The van der Waals surface area contributed by atoms with Gasteiger partial charge in [0.2, 0.25) is 5.91 Å². The van der Waals surface area contributed by atoms with E-state index in [2.05, 4.69) is 34.9 Å². The van der Waals surface area contributed by atoms with Gasteiger partial charge in [-0.2, -0.15) is 0 Å². The van der Waals surface area contributed by atoms with Gasteiger partial charge in [-0.1, -0.05) is 0 Å². The molecule has 0 aromatic rings. The molecule has 0 saturated carbocycles. The largest absolute Gasteiger partial charge is 0.311 e. The number of nitrogens with one attached hydrogen (secondary N) is 3. The van der Waals surface area contributed by atoms with Gasteiger partial charge in [-0.15, -0.1) is 0 Å². The maximum Gasteiger partial charge on any atom is 0.252 e. The summed E-state index contributed by atoms with van der Waals surface area (Å²) in [6.45, 7) is 7.56. The molecule has 0 aromatic heterocycles. The van der Waals surface area contributed by atoms with Crippen LogP contribution in [0.3, 0.4) is 0 Å². The molecule has 1 fully saturated rings. The third kappa shape index (κ3) is 4.16. The molecule has 1 aliphatic heterocycles. The number of rotatable bonds is 2. The fourth-order valence-corrected chi connectivity index (χ4v) is 1.70. The van der Waals surface area contributed by atoms with Gasteiger partial charge in [-0.3, -0.25) is 25.3 Å². The van der Waals surface area contributed by atoms with E-state index in [0.29, 0.717) is 18.6 Å². The van der Waals surface area contributed by atoms with Crippen LogP contribution in [0.15, 0.2) is 0 Å². The molecular weight excluding hydrogens is 208 g/mol. The summed E-state index contributed by atoms with van der Waals surface area (Å²) >= 11 is 0. The lowest BCUT2D eigenvalue weighted by Crippen LogP contribution is -2.57. The van der Waals surface area contributed by atoms with Crippen molar-refractivity contribution in [3.8, 4) is 0 Å². The van der Waals surface area contributed by atoms with Gasteiger partial charge in [0.05, 0.1) is 6.54 Å². The first-order chi connectivity index (χ1) is 7.49. The molecule has 0 aromatic carbocycles. The Kier molecular flexibility index (Phi) is 4.70. The molecule has 2 atom stereocenters. The fourth-order valence-electron chi connectivity index (χ4n) is 1.70. The van der Waals surface area contributed by atoms with Crippen LogP contribution < -0.4 is 16.2 Å². The lowest BCUT2D eigenvalue weighted by atomic mass is 10.1. The van der Waals surface area contributed by atoms with E-state index in [4.69, 9.17) is 0 Å². The molecule has 6 nitrogen and oxygen atoms in total. The van der Waals surface area contributed by atoms with Crippen LogP contribution >= 0.6 is 0 Å². The summed E-state index contributed by atoms with van der Waals surface area (Å²) in [5, 5.41) is 3.34. The fraction of sp³-hybridized carbons (Fsp3) is 0.800. The molecule has 2 amide bonds. The molecule has 3 N–H and O–H groups in total. The lowest BCUT2D eigenvalue weighted by molar-refractivity contribution is -0.129. The molecule has 0 bridgehead atoms. The van der Waals surface area contributed by atoms with Gasteiger partial charge in [0, 0.05) is 32.1 Å². The van der Waals surface area contributed by atoms with Gasteiger partial charge >= 0.3 is 0 Å². The van der Waals surface area contributed by atoms with Crippen LogP contribution in [0.1, 0.15) is 20.8 Å². The SMILES string of the molecule is CC(=O)NNC(=O)CN1CC(C)NCC1C. The second-order valence-corrected chi connectivity index (χ2v) is 4.32. The molecule has 0 radical (unpaired) electrons. The van der Waals surface area contributed by atoms with E-state index in [1.807, 2.05) is 0 Å². The summed E-state index contributed by atoms with van der Waals surface area (Å²) in [5.41, 5.74) is 4.64. The van der Waals surface area contributed by atoms with Crippen LogP contribution in [0.2, 0.25) is 0 Å². The minimum absolute atomic E-state index is 0.184. The highest BCUT2D eigenvalue weighted by molar-refractivity contribution is 5.81. The average molecular weight is 228 g/mol. The van der Waals surface area contributed by atoms with E-state index in [-0.39, 0.29) is 11.8 Å². The highest BCUT2D eigenvalue weighted by Crippen LogP contribution is 2.05. The van der Waals surface area contributed by atoms with Crippen molar-refractivity contribution in [2.24, 2.45) is 0 Å². The predicted molar refractivity (Wildman–Crippen MR) is 60.5 cm³/mol. The van der Waals surface area contributed by atoms with E-state index in [0.717, 1.165) is 13.1 Å². The normalized spacial score (nSPS) is 26.2. The first-order valence-corrected chi connectivity index (χ1v) is 5.52. The van der Waals surface area contributed by atoms with Crippen LogP contribution in [-0.2, 0) is 9.59 Å². The van der Waals surface area contributed by atoms with Gasteiger partial charge in [0.1, 0.15) is 0 Å². The Balaban J connectivity index is 2.34. The number of amides is 2. The second kappa shape index (κ2) is 5.81. The third-order valence-corrected chi connectivity index (χ3v) is 2.62. The number of carbonyl (C=O) groups excluding carboxylic acids is 2. The Labute approximate surface area is 95.7 Å². The van der Waals surface area contributed by atoms with Crippen molar-refractivity contribution in [1.29, 1.82) is 0 Å². The van der Waals surface area contributed by atoms with E-state index in [9.17, 15) is 9.59 Å². The number of hydrazine groups is 1. The van der Waals surface area contributed by atoms with Crippen LogP contribution in [0.25, 0.3) is 0 Å². The van der Waals surface area contributed by atoms with Crippen molar-refractivity contribution < 1.29 is 9.59 Å². The number of carbonyl (C=O) groups is 2. The van der Waals surface area contributed by atoms with Crippen molar-refractivity contribution in [3.63, 3.8) is 0 Å². The second-order valence-electron chi connectivity index (χ2n) is 4.32. The van der Waals surface area contributed by atoms with E-state index >= 15 is 0 Å². The number of hydrogen-bond acceptors (Lipinski definition) is 4. The zero-order valence-electron chi connectivity index (χ0n) is 10.0. The summed E-state index contributed by atoms with van der Waals surface area (Å²) < 4.78 is 0. The van der Waals surface area contributed by atoms with Gasteiger partial charge in [0.15, 0.2) is 0 Å². The Bertz CT molecular complexity index is 270. The van der Waals surface area contributed by atoms with Crippen molar-refractivity contribution >= 4 is 11.8 Å². The Morgan fingerprint density at radius 1 is 1.38 bits per heavy atom. The Morgan fingerprint density at radius 2 is 2.06 bits per heavy atom. The van der Waals surface area contributed by atoms with Crippen LogP contribution in [0.5, 0.6) is 0 Å². The zero-order chi connectivity index (χ0) is 12.1. The zero-order valence-corrected chi connectivity index (χ0v) is 10.0. The number of hydrogen-bond donors (Lipinski definition) is 3. The summed E-state index contributed by atoms with van der Waals surface area (Å²) in [6, 6.07) is 0.726. The Morgan fingerprint density at radius 3 is 2.69 bits per heavy atom. The minimum atomic E-state index is -0.268. The highest BCUT2D eigenvalue weighted by Gasteiger charge is 2.23. The number of nitrogens with zero attached hydrogens (tertiary/aromatic N) is 1.